The molecule has 1 heterocycles. The van der Waals surface area contributed by atoms with Crippen LogP contribution in [0.15, 0.2) is 72.8 Å². The molecule has 6 heteroatoms. The molecule has 0 aromatic heterocycles. The number of rotatable bonds is 11. The molecular weight excluding hydrogens is 478 g/mol. The lowest BCUT2D eigenvalue weighted by atomic mass is 9.72. The van der Waals surface area contributed by atoms with Crippen molar-refractivity contribution in [2.75, 3.05) is 19.6 Å². The number of aliphatic hydroxyl groups excluding tert-OH is 2. The molecule has 1 fully saturated rings. The van der Waals surface area contributed by atoms with Gasteiger partial charge in [0.1, 0.15) is 5.60 Å². The van der Waals surface area contributed by atoms with Crippen molar-refractivity contribution in [3.8, 4) is 0 Å². The van der Waals surface area contributed by atoms with Gasteiger partial charge < -0.3 is 25.3 Å². The Balaban J connectivity index is 1.35. The van der Waals surface area contributed by atoms with Gasteiger partial charge in [-0.2, -0.15) is 0 Å². The van der Waals surface area contributed by atoms with Gasteiger partial charge in [-0.1, -0.05) is 72.8 Å². The fourth-order valence-corrected chi connectivity index (χ4v) is 5.96. The average molecular weight is 518 g/mol. The fraction of sp³-hybridized carbons (Fsp3) is 0.406. The molecule has 202 valence electrons. The molecule has 0 unspecified atom stereocenters. The summed E-state index contributed by atoms with van der Waals surface area (Å²) >= 11 is 0. The van der Waals surface area contributed by atoms with Gasteiger partial charge >= 0.3 is 5.97 Å². The number of hydrogen-bond acceptors (Lipinski definition) is 5. The second-order valence-electron chi connectivity index (χ2n) is 10.4. The SMILES string of the molecule is Cc1c(CC(=O)O)ccc([C@H](O)CCCN2CCC(C(O)(c3ccccc3)c3ccccc3)CC2)c1CO. The second kappa shape index (κ2) is 12.7. The van der Waals surface area contributed by atoms with E-state index in [1.807, 2.05) is 60.7 Å². The van der Waals surface area contributed by atoms with Gasteiger partial charge in [-0.05, 0) is 91.5 Å². The molecular formula is C32H39NO5. The van der Waals surface area contributed by atoms with Crippen LogP contribution in [-0.4, -0.2) is 50.9 Å². The summed E-state index contributed by atoms with van der Waals surface area (Å²) in [5.41, 5.74) is 3.51. The molecule has 0 aliphatic carbocycles. The topological polar surface area (TPSA) is 101 Å². The number of carboxylic acid groups (broad SMARTS) is 1. The number of benzene rings is 3. The summed E-state index contributed by atoms with van der Waals surface area (Å²) in [7, 11) is 0. The van der Waals surface area contributed by atoms with Crippen molar-refractivity contribution < 1.29 is 25.2 Å². The number of aliphatic carboxylic acids is 1. The maximum absolute atomic E-state index is 12.1. The first-order chi connectivity index (χ1) is 18.3. The minimum Gasteiger partial charge on any atom is -0.481 e. The van der Waals surface area contributed by atoms with E-state index in [2.05, 4.69) is 4.90 Å². The van der Waals surface area contributed by atoms with E-state index in [1.165, 1.54) is 0 Å². The highest BCUT2D eigenvalue weighted by Gasteiger charge is 2.41. The van der Waals surface area contributed by atoms with Crippen molar-refractivity contribution >= 4 is 5.97 Å². The zero-order chi connectivity index (χ0) is 27.1. The normalized spacial score (nSPS) is 15.9. The van der Waals surface area contributed by atoms with Gasteiger partial charge in [-0.3, -0.25) is 4.79 Å². The fourth-order valence-electron chi connectivity index (χ4n) is 5.96. The first kappa shape index (κ1) is 28.0. The Hall–Kier alpha value is -3.03. The van der Waals surface area contributed by atoms with Crippen LogP contribution >= 0.6 is 0 Å². The number of piperidine rings is 1. The molecule has 0 spiro atoms. The number of nitrogens with zero attached hydrogens (tertiary/aromatic N) is 1. The highest BCUT2D eigenvalue weighted by Crippen LogP contribution is 2.42. The number of hydrogen-bond donors (Lipinski definition) is 4. The zero-order valence-corrected chi connectivity index (χ0v) is 22.1. The predicted octanol–water partition coefficient (Wildman–Crippen LogP) is 4.58. The van der Waals surface area contributed by atoms with E-state index >= 15 is 0 Å². The number of aliphatic hydroxyl groups is 3. The zero-order valence-electron chi connectivity index (χ0n) is 22.1. The van der Waals surface area contributed by atoms with Crippen LogP contribution in [-0.2, 0) is 23.4 Å². The minimum absolute atomic E-state index is 0.102. The molecule has 4 rings (SSSR count). The smallest absolute Gasteiger partial charge is 0.307 e. The summed E-state index contributed by atoms with van der Waals surface area (Å²) in [6.45, 7) is 4.19. The maximum Gasteiger partial charge on any atom is 0.307 e. The number of carboxylic acids is 1. The Bertz CT molecular complexity index is 1150. The summed E-state index contributed by atoms with van der Waals surface area (Å²) in [5.74, 6) is -0.811. The van der Waals surface area contributed by atoms with Gasteiger partial charge in [0.2, 0.25) is 0 Å². The Morgan fingerprint density at radius 2 is 1.55 bits per heavy atom. The first-order valence-corrected chi connectivity index (χ1v) is 13.5. The van der Waals surface area contributed by atoms with Crippen molar-refractivity contribution in [2.24, 2.45) is 5.92 Å². The van der Waals surface area contributed by atoms with Crippen molar-refractivity contribution in [3.05, 3.63) is 106 Å². The van der Waals surface area contributed by atoms with Crippen molar-refractivity contribution in [1.29, 1.82) is 0 Å². The Morgan fingerprint density at radius 3 is 2.08 bits per heavy atom. The Labute approximate surface area is 225 Å². The molecule has 1 aliphatic heterocycles. The van der Waals surface area contributed by atoms with Gasteiger partial charge in [0, 0.05) is 0 Å². The highest BCUT2D eigenvalue weighted by molar-refractivity contribution is 5.71. The lowest BCUT2D eigenvalue weighted by molar-refractivity contribution is -0.136. The minimum atomic E-state index is -1.03. The predicted molar refractivity (Wildman–Crippen MR) is 148 cm³/mol. The molecule has 0 amide bonds. The van der Waals surface area contributed by atoms with E-state index in [9.17, 15) is 20.1 Å². The van der Waals surface area contributed by atoms with Gasteiger partial charge in [0.15, 0.2) is 0 Å². The molecule has 1 aliphatic rings. The molecule has 38 heavy (non-hydrogen) atoms. The largest absolute Gasteiger partial charge is 0.481 e. The number of carbonyl (C=O) groups is 1. The summed E-state index contributed by atoms with van der Waals surface area (Å²) in [4.78, 5) is 13.5. The van der Waals surface area contributed by atoms with Crippen LogP contribution in [0, 0.1) is 12.8 Å². The van der Waals surface area contributed by atoms with Gasteiger partial charge in [-0.25, -0.2) is 0 Å². The summed E-state index contributed by atoms with van der Waals surface area (Å²) in [5, 5.41) is 42.0. The average Bonchev–Trinajstić information content (AvgIpc) is 2.94. The molecule has 6 nitrogen and oxygen atoms in total. The summed E-state index contributed by atoms with van der Waals surface area (Å²) < 4.78 is 0. The molecule has 0 bridgehead atoms. The molecule has 4 N–H and O–H groups in total. The van der Waals surface area contributed by atoms with Crippen LogP contribution in [0.25, 0.3) is 0 Å². The third-order valence-corrected chi connectivity index (χ3v) is 8.16. The van der Waals surface area contributed by atoms with Crippen molar-refractivity contribution in [3.63, 3.8) is 0 Å². The maximum atomic E-state index is 12.1. The van der Waals surface area contributed by atoms with Gasteiger partial charge in [0.05, 0.1) is 19.1 Å². The lowest BCUT2D eigenvalue weighted by Crippen LogP contribution is -2.44. The van der Waals surface area contributed by atoms with Crippen molar-refractivity contribution in [2.45, 2.75) is 57.3 Å². The van der Waals surface area contributed by atoms with E-state index in [1.54, 1.807) is 19.1 Å². The quantitative estimate of drug-likeness (QED) is 0.297. The molecule has 0 saturated carbocycles. The van der Waals surface area contributed by atoms with Crippen LogP contribution in [0.2, 0.25) is 0 Å². The number of likely N-dealkylation sites (tertiary alicyclic amines) is 1. The van der Waals surface area contributed by atoms with Crippen LogP contribution < -0.4 is 0 Å². The van der Waals surface area contributed by atoms with E-state index in [-0.39, 0.29) is 18.9 Å². The van der Waals surface area contributed by atoms with Gasteiger partial charge in [-0.15, -0.1) is 0 Å². The highest BCUT2D eigenvalue weighted by atomic mass is 16.4. The van der Waals surface area contributed by atoms with E-state index in [4.69, 9.17) is 5.11 Å². The van der Waals surface area contributed by atoms with Crippen LogP contribution in [0.1, 0.15) is 65.2 Å². The third kappa shape index (κ3) is 6.16. The molecule has 1 atom stereocenters. The van der Waals surface area contributed by atoms with Gasteiger partial charge in [0.25, 0.3) is 0 Å². The monoisotopic (exact) mass is 517 g/mol. The summed E-state index contributed by atoms with van der Waals surface area (Å²) in [6, 6.07) is 23.4. The van der Waals surface area contributed by atoms with Crippen LogP contribution in [0.3, 0.4) is 0 Å². The molecule has 3 aromatic carbocycles. The van der Waals surface area contributed by atoms with E-state index < -0.39 is 17.7 Å². The van der Waals surface area contributed by atoms with Crippen LogP contribution in [0.4, 0.5) is 0 Å². The summed E-state index contributed by atoms with van der Waals surface area (Å²) in [6.07, 6.45) is 2.29. The Kier molecular flexibility index (Phi) is 9.34. The van der Waals surface area contributed by atoms with E-state index in [0.717, 1.165) is 55.6 Å². The molecule has 0 radical (unpaired) electrons. The first-order valence-electron chi connectivity index (χ1n) is 13.5. The lowest BCUT2D eigenvalue weighted by Gasteiger charge is -2.42. The van der Waals surface area contributed by atoms with Crippen LogP contribution in [0.5, 0.6) is 0 Å². The third-order valence-electron chi connectivity index (χ3n) is 8.16. The molecule has 1 saturated heterocycles. The standard InChI is InChI=1S/C32H39NO5/c1-23-24(21-31(36)37)14-15-28(29(23)22-34)30(35)13-8-18-33-19-16-27(17-20-33)32(38,25-9-4-2-5-10-25)26-11-6-3-7-12-26/h2-7,9-12,14-15,27,30,34-35,38H,8,13,16-22H2,1H3,(H,36,37)/t30-/m1/s1. The molecule has 3 aromatic rings. The van der Waals surface area contributed by atoms with Crippen molar-refractivity contribution in [1.82, 2.24) is 4.90 Å². The second-order valence-corrected chi connectivity index (χ2v) is 10.4. The Morgan fingerprint density at radius 1 is 0.974 bits per heavy atom. The van der Waals surface area contributed by atoms with E-state index in [0.29, 0.717) is 23.1 Å².